The molecule has 1 aromatic carbocycles. The van der Waals surface area contributed by atoms with Gasteiger partial charge in [0.25, 0.3) is 0 Å². The highest BCUT2D eigenvalue weighted by atomic mass is 15.2. The van der Waals surface area contributed by atoms with Gasteiger partial charge < -0.3 is 15.2 Å². The summed E-state index contributed by atoms with van der Waals surface area (Å²) in [4.78, 5) is 8.71. The van der Waals surface area contributed by atoms with E-state index in [4.69, 9.17) is 0 Å². The molecule has 0 bridgehead atoms. The second-order valence-corrected chi connectivity index (χ2v) is 5.84. The Balaban J connectivity index is 1.73. The first kappa shape index (κ1) is 17.3. The summed E-state index contributed by atoms with van der Waals surface area (Å²) >= 11 is 0. The molecule has 0 atom stereocenters. The number of para-hydroxylation sites is 2. The standard InChI is InChI=1S/C18H29N5/c1-4-15(5-2)13-21-18(19-3)20-11-8-12-23-14-22-16-9-6-7-10-17(16)23/h6-7,9-10,14-15H,4-5,8,11-13H2,1-3H3,(H2,19,20,21). The molecular weight excluding hydrogens is 286 g/mol. The molecular formula is C18H29N5. The van der Waals surface area contributed by atoms with Crippen LogP contribution in [0.15, 0.2) is 35.6 Å². The summed E-state index contributed by atoms with van der Waals surface area (Å²) in [7, 11) is 1.83. The molecule has 5 nitrogen and oxygen atoms in total. The van der Waals surface area contributed by atoms with Crippen molar-refractivity contribution in [1.82, 2.24) is 20.2 Å². The molecule has 0 saturated heterocycles. The van der Waals surface area contributed by atoms with Gasteiger partial charge in [0.15, 0.2) is 5.96 Å². The molecule has 0 aliphatic carbocycles. The van der Waals surface area contributed by atoms with Gasteiger partial charge in [-0.3, -0.25) is 4.99 Å². The number of nitrogens with one attached hydrogen (secondary N) is 2. The van der Waals surface area contributed by atoms with Crippen molar-refractivity contribution in [2.75, 3.05) is 20.1 Å². The highest BCUT2D eigenvalue weighted by molar-refractivity contribution is 5.79. The fourth-order valence-electron chi connectivity index (χ4n) is 2.68. The lowest BCUT2D eigenvalue weighted by molar-refractivity contribution is 0.481. The summed E-state index contributed by atoms with van der Waals surface area (Å²) in [6.07, 6.45) is 5.36. The summed E-state index contributed by atoms with van der Waals surface area (Å²) in [5, 5.41) is 6.80. The average Bonchev–Trinajstić information content (AvgIpc) is 3.00. The van der Waals surface area contributed by atoms with Crippen LogP contribution in [0.25, 0.3) is 11.0 Å². The molecule has 1 heterocycles. The van der Waals surface area contributed by atoms with Crippen molar-refractivity contribution in [2.24, 2.45) is 10.9 Å². The van der Waals surface area contributed by atoms with Crippen LogP contribution in [0.4, 0.5) is 0 Å². The van der Waals surface area contributed by atoms with Crippen LogP contribution in [-0.4, -0.2) is 35.6 Å². The van der Waals surface area contributed by atoms with E-state index >= 15 is 0 Å². The maximum absolute atomic E-state index is 4.42. The smallest absolute Gasteiger partial charge is 0.190 e. The van der Waals surface area contributed by atoms with Crippen molar-refractivity contribution in [2.45, 2.75) is 39.7 Å². The molecule has 0 amide bonds. The maximum Gasteiger partial charge on any atom is 0.190 e. The van der Waals surface area contributed by atoms with E-state index in [9.17, 15) is 0 Å². The number of nitrogens with zero attached hydrogens (tertiary/aromatic N) is 3. The van der Waals surface area contributed by atoms with Crippen LogP contribution >= 0.6 is 0 Å². The van der Waals surface area contributed by atoms with Gasteiger partial charge in [0, 0.05) is 26.7 Å². The van der Waals surface area contributed by atoms with Gasteiger partial charge in [-0.05, 0) is 24.5 Å². The van der Waals surface area contributed by atoms with Crippen molar-refractivity contribution in [3.05, 3.63) is 30.6 Å². The van der Waals surface area contributed by atoms with Crippen molar-refractivity contribution < 1.29 is 0 Å². The van der Waals surface area contributed by atoms with E-state index in [1.165, 1.54) is 18.4 Å². The molecule has 2 N–H and O–H groups in total. The van der Waals surface area contributed by atoms with Crippen molar-refractivity contribution >= 4 is 17.0 Å². The lowest BCUT2D eigenvalue weighted by Crippen LogP contribution is -2.40. The van der Waals surface area contributed by atoms with Crippen LogP contribution in [0.1, 0.15) is 33.1 Å². The van der Waals surface area contributed by atoms with E-state index < -0.39 is 0 Å². The average molecular weight is 315 g/mol. The lowest BCUT2D eigenvalue weighted by Gasteiger charge is -2.16. The predicted molar refractivity (Wildman–Crippen MR) is 97.8 cm³/mol. The molecule has 126 valence electrons. The summed E-state index contributed by atoms with van der Waals surface area (Å²) in [5.74, 6) is 1.61. The number of fused-ring (bicyclic) bond motifs is 1. The molecule has 1 aromatic heterocycles. The largest absolute Gasteiger partial charge is 0.356 e. The summed E-state index contributed by atoms with van der Waals surface area (Å²) in [6, 6.07) is 8.25. The quantitative estimate of drug-likeness (QED) is 0.447. The first-order chi connectivity index (χ1) is 11.3. The third kappa shape index (κ3) is 4.98. The van der Waals surface area contributed by atoms with Crippen LogP contribution in [0.3, 0.4) is 0 Å². The highest BCUT2D eigenvalue weighted by Crippen LogP contribution is 2.11. The van der Waals surface area contributed by atoms with Crippen LogP contribution in [-0.2, 0) is 6.54 Å². The molecule has 0 saturated carbocycles. The van der Waals surface area contributed by atoms with Gasteiger partial charge in [0.2, 0.25) is 0 Å². The van der Waals surface area contributed by atoms with Gasteiger partial charge in [0.05, 0.1) is 17.4 Å². The molecule has 0 fully saturated rings. The Labute approximate surface area is 139 Å². The van der Waals surface area contributed by atoms with Crippen LogP contribution in [0.5, 0.6) is 0 Å². The number of benzene rings is 1. The second kappa shape index (κ2) is 9.18. The van der Waals surface area contributed by atoms with Gasteiger partial charge >= 0.3 is 0 Å². The third-order valence-electron chi connectivity index (χ3n) is 4.33. The van der Waals surface area contributed by atoms with Crippen molar-refractivity contribution in [3.63, 3.8) is 0 Å². The zero-order valence-electron chi connectivity index (χ0n) is 14.5. The Hall–Kier alpha value is -2.04. The normalized spacial score (nSPS) is 12.1. The topological polar surface area (TPSA) is 54.2 Å². The Morgan fingerprint density at radius 1 is 1.22 bits per heavy atom. The zero-order chi connectivity index (χ0) is 16.5. The Morgan fingerprint density at radius 3 is 2.74 bits per heavy atom. The lowest BCUT2D eigenvalue weighted by atomic mass is 10.0. The van der Waals surface area contributed by atoms with Gasteiger partial charge in [-0.15, -0.1) is 0 Å². The highest BCUT2D eigenvalue weighted by Gasteiger charge is 2.05. The number of imidazole rings is 1. The van der Waals surface area contributed by atoms with E-state index in [1.54, 1.807) is 0 Å². The number of hydrogen-bond acceptors (Lipinski definition) is 2. The minimum atomic E-state index is 0.714. The minimum Gasteiger partial charge on any atom is -0.356 e. The van der Waals surface area contributed by atoms with Crippen molar-refractivity contribution in [3.8, 4) is 0 Å². The number of aromatic nitrogens is 2. The number of guanidine groups is 1. The number of aryl methyl sites for hydroxylation is 1. The fourth-order valence-corrected chi connectivity index (χ4v) is 2.68. The van der Waals surface area contributed by atoms with Crippen molar-refractivity contribution in [1.29, 1.82) is 0 Å². The molecule has 0 radical (unpaired) electrons. The summed E-state index contributed by atoms with van der Waals surface area (Å²) in [6.45, 7) is 7.31. The van der Waals surface area contributed by atoms with E-state index in [1.807, 2.05) is 25.5 Å². The monoisotopic (exact) mass is 315 g/mol. The zero-order valence-corrected chi connectivity index (χ0v) is 14.5. The van der Waals surface area contributed by atoms with Crippen LogP contribution < -0.4 is 10.6 Å². The molecule has 0 aliphatic heterocycles. The fraction of sp³-hybridized carbons (Fsp3) is 0.556. The first-order valence-electron chi connectivity index (χ1n) is 8.62. The molecule has 0 spiro atoms. The molecule has 2 aromatic rings. The molecule has 23 heavy (non-hydrogen) atoms. The summed E-state index contributed by atoms with van der Waals surface area (Å²) in [5.41, 5.74) is 2.26. The van der Waals surface area contributed by atoms with Gasteiger partial charge in [-0.2, -0.15) is 0 Å². The van der Waals surface area contributed by atoms with Gasteiger partial charge in [0.1, 0.15) is 0 Å². The van der Waals surface area contributed by atoms with Gasteiger partial charge in [-0.1, -0.05) is 38.8 Å². The van der Waals surface area contributed by atoms with Gasteiger partial charge in [-0.25, -0.2) is 4.98 Å². The SMILES string of the molecule is CCC(CC)CNC(=NC)NCCCn1cnc2ccccc21. The number of hydrogen-bond donors (Lipinski definition) is 2. The molecule has 0 unspecified atom stereocenters. The second-order valence-electron chi connectivity index (χ2n) is 5.84. The predicted octanol–water partition coefficient (Wildman–Crippen LogP) is 3.03. The van der Waals surface area contributed by atoms with E-state index in [0.29, 0.717) is 5.92 Å². The van der Waals surface area contributed by atoms with Crippen LogP contribution in [0, 0.1) is 5.92 Å². The molecule has 0 aliphatic rings. The van der Waals surface area contributed by atoms with E-state index in [-0.39, 0.29) is 0 Å². The minimum absolute atomic E-state index is 0.714. The Morgan fingerprint density at radius 2 is 2.00 bits per heavy atom. The maximum atomic E-state index is 4.42. The third-order valence-corrected chi connectivity index (χ3v) is 4.33. The first-order valence-corrected chi connectivity index (χ1v) is 8.62. The van der Waals surface area contributed by atoms with Crippen LogP contribution in [0.2, 0.25) is 0 Å². The van der Waals surface area contributed by atoms with E-state index in [0.717, 1.165) is 37.5 Å². The molecule has 5 heteroatoms. The van der Waals surface area contributed by atoms with E-state index in [2.05, 4.69) is 51.2 Å². The summed E-state index contributed by atoms with van der Waals surface area (Å²) < 4.78 is 2.21. The number of aliphatic imine (C=N–C) groups is 1. The number of rotatable bonds is 8. The Bertz CT molecular complexity index is 613. The molecule has 2 rings (SSSR count). The Kier molecular flexibility index (Phi) is 6.91.